The van der Waals surface area contributed by atoms with Crippen LogP contribution in [0.25, 0.3) is 10.9 Å². The summed E-state index contributed by atoms with van der Waals surface area (Å²) in [5.74, 6) is 1.80. The summed E-state index contributed by atoms with van der Waals surface area (Å²) in [7, 11) is 5.25. The highest BCUT2D eigenvalue weighted by atomic mass is 35.5. The van der Waals surface area contributed by atoms with Crippen molar-refractivity contribution in [3.63, 3.8) is 0 Å². The molecule has 1 aromatic carbocycles. The Bertz CT molecular complexity index is 1400. The summed E-state index contributed by atoms with van der Waals surface area (Å²) < 4.78 is 9.19. The van der Waals surface area contributed by atoms with E-state index in [1.807, 2.05) is 56.1 Å². The maximum atomic E-state index is 12.4. The Balaban J connectivity index is 1.92. The number of nitrogens with one attached hydrogen (secondary N) is 1. The molecule has 0 unspecified atom stereocenters. The van der Waals surface area contributed by atoms with Crippen LogP contribution < -0.4 is 10.1 Å². The largest absolute Gasteiger partial charge is 0.481 e. The van der Waals surface area contributed by atoms with Crippen molar-refractivity contribution in [2.75, 3.05) is 7.11 Å². The lowest BCUT2D eigenvalue weighted by molar-refractivity contribution is -0.121. The molecule has 4 rings (SSSR count). The normalized spacial score (nSPS) is 11.8. The molecule has 0 aliphatic rings. The van der Waals surface area contributed by atoms with Crippen LogP contribution in [-0.4, -0.2) is 42.2 Å². The van der Waals surface area contributed by atoms with Gasteiger partial charge in [-0.25, -0.2) is 15.0 Å². The van der Waals surface area contributed by atoms with E-state index in [4.69, 9.17) is 16.3 Å². The molecule has 0 spiro atoms. The second-order valence-electron chi connectivity index (χ2n) is 8.88. The van der Waals surface area contributed by atoms with E-state index in [0.29, 0.717) is 50.7 Å². The molecule has 0 aliphatic heterocycles. The lowest BCUT2D eigenvalue weighted by Crippen LogP contribution is -2.33. The molecule has 0 aliphatic carbocycles. The minimum atomic E-state index is -1.57. The Morgan fingerprint density at radius 1 is 1.14 bits per heavy atom. The number of amides is 1. The molecule has 2 N–H and O–H groups in total. The maximum absolute atomic E-state index is 12.4. The van der Waals surface area contributed by atoms with Gasteiger partial charge in [0.1, 0.15) is 11.6 Å². The number of benzene rings is 1. The third kappa shape index (κ3) is 4.22. The second-order valence-corrected chi connectivity index (χ2v) is 9.26. The fourth-order valence-corrected chi connectivity index (χ4v) is 4.69. The van der Waals surface area contributed by atoms with Gasteiger partial charge >= 0.3 is 0 Å². The zero-order chi connectivity index (χ0) is 26.2. The van der Waals surface area contributed by atoms with Gasteiger partial charge in [0.15, 0.2) is 5.60 Å². The number of fused-ring (bicyclic) bond motifs is 1. The first-order valence-corrected chi connectivity index (χ1v) is 12.1. The van der Waals surface area contributed by atoms with Gasteiger partial charge in [-0.3, -0.25) is 4.79 Å². The molecule has 36 heavy (non-hydrogen) atoms. The summed E-state index contributed by atoms with van der Waals surface area (Å²) >= 11 is 6.88. The fourth-order valence-electron chi connectivity index (χ4n) is 4.40. The fraction of sp³-hybridized carbons (Fsp3) is 0.385. The number of hydrogen-bond donors (Lipinski definition) is 2. The minimum absolute atomic E-state index is 0.0722. The number of rotatable bonds is 8. The zero-order valence-corrected chi connectivity index (χ0v) is 22.1. The number of carbonyl (C=O) groups excluding carboxylic acids is 1. The van der Waals surface area contributed by atoms with Gasteiger partial charge in [-0.1, -0.05) is 24.6 Å². The van der Waals surface area contributed by atoms with Crippen LogP contribution in [0.3, 0.4) is 0 Å². The Labute approximate surface area is 215 Å². The number of methoxy groups -OCH3 is 1. The highest BCUT2D eigenvalue weighted by molar-refractivity contribution is 6.36. The summed E-state index contributed by atoms with van der Waals surface area (Å²) in [4.78, 5) is 25.5. The van der Waals surface area contributed by atoms with Crippen LogP contribution in [-0.2, 0) is 31.0 Å². The van der Waals surface area contributed by atoms with Gasteiger partial charge in [-0.05, 0) is 38.0 Å². The first kappa shape index (κ1) is 25.7. The lowest BCUT2D eigenvalue weighted by atomic mass is 9.86. The molecular weight excluding hydrogens is 480 g/mol. The molecule has 3 heterocycles. The van der Waals surface area contributed by atoms with Crippen molar-refractivity contribution >= 4 is 28.4 Å². The zero-order valence-electron chi connectivity index (χ0n) is 21.4. The number of aryl methyl sites for hydroxylation is 2. The molecule has 3 aromatic heterocycles. The third-order valence-electron chi connectivity index (χ3n) is 6.71. The quantitative estimate of drug-likeness (QED) is 0.374. The van der Waals surface area contributed by atoms with Gasteiger partial charge in [0.25, 0.3) is 0 Å². The Morgan fingerprint density at radius 3 is 2.25 bits per heavy atom. The van der Waals surface area contributed by atoms with E-state index in [9.17, 15) is 9.90 Å². The molecule has 9 nitrogen and oxygen atoms in total. The van der Waals surface area contributed by atoms with Gasteiger partial charge < -0.3 is 24.3 Å². The number of carbonyl (C=O) groups is 1. The monoisotopic (exact) mass is 510 g/mol. The van der Waals surface area contributed by atoms with E-state index in [2.05, 4.69) is 20.3 Å². The van der Waals surface area contributed by atoms with Crippen LogP contribution in [0.4, 0.5) is 0 Å². The van der Waals surface area contributed by atoms with Crippen LogP contribution in [0.15, 0.2) is 30.6 Å². The number of nitrogens with zero attached hydrogens (tertiary/aromatic N) is 5. The molecule has 0 radical (unpaired) electrons. The number of aromatic nitrogens is 5. The first-order chi connectivity index (χ1) is 17.1. The molecular formula is C26H31ClN6O3. The van der Waals surface area contributed by atoms with Gasteiger partial charge in [0.2, 0.25) is 11.8 Å². The first-order valence-electron chi connectivity index (χ1n) is 11.8. The highest BCUT2D eigenvalue weighted by Crippen LogP contribution is 2.40. The molecule has 0 fully saturated rings. The van der Waals surface area contributed by atoms with Crippen LogP contribution in [0, 0.1) is 13.8 Å². The number of pyridine rings is 1. The maximum Gasteiger partial charge on any atom is 0.220 e. The Kier molecular flexibility index (Phi) is 7.06. The van der Waals surface area contributed by atoms with Crippen molar-refractivity contribution in [1.29, 1.82) is 0 Å². The number of aliphatic hydroxyl groups is 1. The summed E-state index contributed by atoms with van der Waals surface area (Å²) in [6, 6.07) is 5.44. The van der Waals surface area contributed by atoms with E-state index in [-0.39, 0.29) is 12.5 Å². The summed E-state index contributed by atoms with van der Waals surface area (Å²) in [6.45, 7) is 5.89. The van der Waals surface area contributed by atoms with E-state index in [0.717, 1.165) is 18.1 Å². The van der Waals surface area contributed by atoms with Crippen LogP contribution in [0.2, 0.25) is 5.02 Å². The van der Waals surface area contributed by atoms with Crippen LogP contribution in [0.5, 0.6) is 5.88 Å². The van der Waals surface area contributed by atoms with Crippen molar-refractivity contribution in [3.05, 3.63) is 69.8 Å². The molecule has 4 aromatic rings. The van der Waals surface area contributed by atoms with Gasteiger partial charge in [-0.15, -0.1) is 0 Å². The average molecular weight is 511 g/mol. The van der Waals surface area contributed by atoms with E-state index < -0.39 is 5.60 Å². The number of imidazole rings is 2. The SMILES string of the molecule is CCCC(=O)NCc1c(OC)nc2ccc(C(O)(c3cnc(C)n3C)c3cnc(C)n3C)cc2c1Cl. The minimum Gasteiger partial charge on any atom is -0.481 e. The van der Waals surface area contributed by atoms with E-state index in [1.54, 1.807) is 18.5 Å². The van der Waals surface area contributed by atoms with Crippen molar-refractivity contribution in [1.82, 2.24) is 29.4 Å². The molecule has 190 valence electrons. The molecule has 0 saturated carbocycles. The summed E-state index contributed by atoms with van der Waals surface area (Å²) in [6.07, 6.45) is 4.51. The molecule has 1 amide bonds. The van der Waals surface area contributed by atoms with Crippen LogP contribution >= 0.6 is 11.6 Å². The average Bonchev–Trinajstić information content (AvgIpc) is 3.38. The molecule has 10 heteroatoms. The molecule has 0 bridgehead atoms. The summed E-state index contributed by atoms with van der Waals surface area (Å²) in [5, 5.41) is 16.3. The van der Waals surface area contributed by atoms with Crippen molar-refractivity contribution in [2.45, 2.75) is 45.8 Å². The number of hydrogen-bond acceptors (Lipinski definition) is 6. The Hall–Kier alpha value is -3.43. The highest BCUT2D eigenvalue weighted by Gasteiger charge is 2.40. The number of halogens is 1. The molecule has 0 atom stereocenters. The van der Waals surface area contributed by atoms with Crippen molar-refractivity contribution < 1.29 is 14.6 Å². The Morgan fingerprint density at radius 2 is 1.75 bits per heavy atom. The lowest BCUT2D eigenvalue weighted by Gasteiger charge is -2.30. The topological polar surface area (TPSA) is 107 Å². The second kappa shape index (κ2) is 9.91. The predicted octanol–water partition coefficient (Wildman–Crippen LogP) is 3.68. The van der Waals surface area contributed by atoms with Crippen molar-refractivity contribution in [2.24, 2.45) is 14.1 Å². The number of ether oxygens (including phenoxy) is 1. The summed E-state index contributed by atoms with van der Waals surface area (Å²) in [5.41, 5.74) is 1.37. The molecule has 0 saturated heterocycles. The van der Waals surface area contributed by atoms with Crippen molar-refractivity contribution in [3.8, 4) is 5.88 Å². The standard InChI is InChI=1S/C26H31ClN6O3/c1-7-8-23(34)30-12-19-24(27)18-11-17(9-10-20(18)31-25(19)36-6)26(35,21-13-28-15(2)32(21)4)22-14-29-16(3)33(22)5/h9-11,13-14,35H,7-8,12H2,1-6H3,(H,30,34). The third-order valence-corrected chi connectivity index (χ3v) is 7.14. The van der Waals surface area contributed by atoms with Gasteiger partial charge in [0, 0.05) is 32.4 Å². The smallest absolute Gasteiger partial charge is 0.220 e. The van der Waals surface area contributed by atoms with E-state index in [1.165, 1.54) is 7.11 Å². The van der Waals surface area contributed by atoms with Gasteiger partial charge in [0.05, 0.1) is 47.0 Å². The van der Waals surface area contributed by atoms with Crippen LogP contribution in [0.1, 0.15) is 53.9 Å². The van der Waals surface area contributed by atoms with Gasteiger partial charge in [-0.2, -0.15) is 0 Å². The van der Waals surface area contributed by atoms with E-state index >= 15 is 0 Å². The predicted molar refractivity (Wildman–Crippen MR) is 138 cm³/mol.